The van der Waals surface area contributed by atoms with Crippen LogP contribution in [0.15, 0.2) is 0 Å². The molecule has 1 saturated heterocycles. The molecule has 0 bridgehead atoms. The summed E-state index contributed by atoms with van der Waals surface area (Å²) in [6, 6.07) is 1.02. The van der Waals surface area contributed by atoms with Crippen molar-refractivity contribution < 1.29 is 0 Å². The Balaban J connectivity index is 1.99. The van der Waals surface area contributed by atoms with Crippen molar-refractivity contribution in [1.82, 2.24) is 4.90 Å². The van der Waals surface area contributed by atoms with Crippen molar-refractivity contribution in [3.8, 4) is 0 Å². The second kappa shape index (κ2) is 5.96. The molecular weight excluding hydrogens is 244 g/mol. The first-order valence-corrected chi connectivity index (χ1v) is 8.69. The molecule has 3 atom stereocenters. The van der Waals surface area contributed by atoms with Crippen LogP contribution in [-0.2, 0) is 0 Å². The van der Waals surface area contributed by atoms with Crippen molar-refractivity contribution in [2.45, 2.75) is 85.2 Å². The van der Waals surface area contributed by atoms with Gasteiger partial charge in [0.1, 0.15) is 0 Å². The van der Waals surface area contributed by atoms with E-state index in [1.165, 1.54) is 51.6 Å². The Kier molecular flexibility index (Phi) is 4.86. The van der Waals surface area contributed by atoms with Crippen LogP contribution in [0.1, 0.15) is 73.1 Å². The van der Waals surface area contributed by atoms with Gasteiger partial charge >= 0.3 is 0 Å². The van der Waals surface area contributed by atoms with Crippen LogP contribution in [-0.4, -0.2) is 30.1 Å². The second-order valence-corrected chi connectivity index (χ2v) is 9.17. The average molecular weight is 280 g/mol. The molecule has 1 heterocycles. The molecule has 2 N–H and O–H groups in total. The Bertz CT molecular complexity index is 316. The molecule has 0 spiro atoms. The molecule has 2 nitrogen and oxygen atoms in total. The fourth-order valence-electron chi connectivity index (χ4n) is 4.29. The lowest BCUT2D eigenvalue weighted by Gasteiger charge is -2.44. The van der Waals surface area contributed by atoms with Crippen molar-refractivity contribution >= 4 is 0 Å². The molecule has 118 valence electrons. The minimum absolute atomic E-state index is 0.397. The third-order valence-electron chi connectivity index (χ3n) is 5.87. The minimum Gasteiger partial charge on any atom is -0.326 e. The van der Waals surface area contributed by atoms with Gasteiger partial charge in [0.05, 0.1) is 0 Å². The molecule has 1 saturated carbocycles. The van der Waals surface area contributed by atoms with E-state index in [4.69, 9.17) is 5.73 Å². The summed E-state index contributed by atoms with van der Waals surface area (Å²) < 4.78 is 0. The molecule has 2 rings (SSSR count). The highest BCUT2D eigenvalue weighted by molar-refractivity contribution is 4.94. The third kappa shape index (κ3) is 3.98. The van der Waals surface area contributed by atoms with Crippen LogP contribution in [0.5, 0.6) is 0 Å². The molecule has 0 amide bonds. The summed E-state index contributed by atoms with van der Waals surface area (Å²) in [6.07, 6.45) is 7.89. The van der Waals surface area contributed by atoms with E-state index in [1.807, 2.05) is 0 Å². The first-order valence-electron chi connectivity index (χ1n) is 8.69. The zero-order chi connectivity index (χ0) is 15.0. The molecule has 0 radical (unpaired) electrons. The highest BCUT2D eigenvalue weighted by Gasteiger charge is 2.37. The van der Waals surface area contributed by atoms with Crippen LogP contribution >= 0.6 is 0 Å². The fraction of sp³-hybridized carbons (Fsp3) is 1.00. The lowest BCUT2D eigenvalue weighted by atomic mass is 9.72. The van der Waals surface area contributed by atoms with E-state index in [2.05, 4.69) is 39.5 Å². The van der Waals surface area contributed by atoms with Gasteiger partial charge in [0.25, 0.3) is 0 Å². The highest BCUT2D eigenvalue weighted by Crippen LogP contribution is 2.39. The lowest BCUT2D eigenvalue weighted by molar-refractivity contribution is 0.0776. The molecule has 0 aromatic rings. The Morgan fingerprint density at radius 2 is 1.75 bits per heavy atom. The van der Waals surface area contributed by atoms with E-state index < -0.39 is 0 Å². The van der Waals surface area contributed by atoms with Gasteiger partial charge in [0, 0.05) is 12.1 Å². The largest absolute Gasteiger partial charge is 0.326 e. The van der Waals surface area contributed by atoms with Gasteiger partial charge in [0.15, 0.2) is 0 Å². The summed E-state index contributed by atoms with van der Waals surface area (Å²) in [5, 5.41) is 0. The van der Waals surface area contributed by atoms with E-state index in [0.717, 1.165) is 5.92 Å². The van der Waals surface area contributed by atoms with Gasteiger partial charge in [-0.05, 0) is 68.4 Å². The van der Waals surface area contributed by atoms with Crippen LogP contribution in [0.2, 0.25) is 0 Å². The molecule has 2 fully saturated rings. The van der Waals surface area contributed by atoms with Crippen molar-refractivity contribution in [3.05, 3.63) is 0 Å². The molecule has 3 unspecified atom stereocenters. The maximum atomic E-state index is 6.46. The summed E-state index contributed by atoms with van der Waals surface area (Å²) in [5.41, 5.74) is 7.41. The Hall–Kier alpha value is -0.0800. The number of nitrogens with zero attached hydrogens (tertiary/aromatic N) is 1. The first-order chi connectivity index (χ1) is 9.19. The minimum atomic E-state index is 0.397. The van der Waals surface area contributed by atoms with E-state index >= 15 is 0 Å². The van der Waals surface area contributed by atoms with Gasteiger partial charge < -0.3 is 5.73 Å². The summed E-state index contributed by atoms with van der Waals surface area (Å²) >= 11 is 0. The standard InChI is InChI=1S/C18H36N2/c1-17(2,3)14-7-6-11-20(12-9-14)16-13-18(4,5)10-8-15(16)19/h14-16H,6-13,19H2,1-5H3. The highest BCUT2D eigenvalue weighted by atomic mass is 15.2. The van der Waals surface area contributed by atoms with Gasteiger partial charge in [-0.1, -0.05) is 34.6 Å². The Morgan fingerprint density at radius 3 is 2.40 bits per heavy atom. The molecule has 1 aliphatic carbocycles. The maximum absolute atomic E-state index is 6.46. The van der Waals surface area contributed by atoms with Gasteiger partial charge in [-0.2, -0.15) is 0 Å². The van der Waals surface area contributed by atoms with E-state index in [-0.39, 0.29) is 0 Å². The fourth-order valence-corrected chi connectivity index (χ4v) is 4.29. The normalized spacial score (nSPS) is 36.6. The maximum Gasteiger partial charge on any atom is 0.0252 e. The van der Waals surface area contributed by atoms with Crippen molar-refractivity contribution in [2.75, 3.05) is 13.1 Å². The monoisotopic (exact) mass is 280 g/mol. The number of rotatable bonds is 1. The first kappa shape index (κ1) is 16.3. The van der Waals surface area contributed by atoms with Crippen molar-refractivity contribution in [3.63, 3.8) is 0 Å². The second-order valence-electron chi connectivity index (χ2n) is 9.17. The number of nitrogens with two attached hydrogens (primary N) is 1. The summed E-state index contributed by atoms with van der Waals surface area (Å²) in [6.45, 7) is 14.6. The Labute approximate surface area is 126 Å². The molecular formula is C18H36N2. The predicted molar refractivity (Wildman–Crippen MR) is 87.8 cm³/mol. The zero-order valence-corrected chi connectivity index (χ0v) is 14.4. The van der Waals surface area contributed by atoms with Crippen LogP contribution in [0.4, 0.5) is 0 Å². The van der Waals surface area contributed by atoms with E-state index in [9.17, 15) is 0 Å². The topological polar surface area (TPSA) is 29.3 Å². The quantitative estimate of drug-likeness (QED) is 0.785. The van der Waals surface area contributed by atoms with Gasteiger partial charge in [-0.15, -0.1) is 0 Å². The van der Waals surface area contributed by atoms with E-state index in [0.29, 0.717) is 22.9 Å². The lowest BCUT2D eigenvalue weighted by Crippen LogP contribution is -2.53. The molecule has 1 aliphatic heterocycles. The molecule has 2 heteroatoms. The summed E-state index contributed by atoms with van der Waals surface area (Å²) in [5.74, 6) is 0.875. The van der Waals surface area contributed by atoms with Crippen LogP contribution in [0, 0.1) is 16.7 Å². The van der Waals surface area contributed by atoms with Crippen molar-refractivity contribution in [2.24, 2.45) is 22.5 Å². The van der Waals surface area contributed by atoms with Crippen LogP contribution < -0.4 is 5.73 Å². The molecule has 2 aliphatic rings. The van der Waals surface area contributed by atoms with Gasteiger partial charge in [-0.3, -0.25) is 4.90 Å². The third-order valence-corrected chi connectivity index (χ3v) is 5.87. The van der Waals surface area contributed by atoms with Gasteiger partial charge in [0.2, 0.25) is 0 Å². The molecule has 0 aromatic carbocycles. The average Bonchev–Trinajstić information content (AvgIpc) is 2.57. The summed E-state index contributed by atoms with van der Waals surface area (Å²) in [7, 11) is 0. The zero-order valence-electron chi connectivity index (χ0n) is 14.4. The van der Waals surface area contributed by atoms with Gasteiger partial charge in [-0.25, -0.2) is 0 Å². The molecule has 20 heavy (non-hydrogen) atoms. The van der Waals surface area contributed by atoms with Crippen LogP contribution in [0.3, 0.4) is 0 Å². The van der Waals surface area contributed by atoms with E-state index in [1.54, 1.807) is 0 Å². The number of hydrogen-bond donors (Lipinski definition) is 1. The predicted octanol–water partition coefficient (Wildman–Crippen LogP) is 4.04. The van der Waals surface area contributed by atoms with Crippen LogP contribution in [0.25, 0.3) is 0 Å². The number of hydrogen-bond acceptors (Lipinski definition) is 2. The number of likely N-dealkylation sites (tertiary alicyclic amines) is 1. The SMILES string of the molecule is CC1(C)CCC(N)C(N2CCCC(C(C)(C)C)CC2)C1. The Morgan fingerprint density at radius 1 is 1.05 bits per heavy atom. The molecule has 0 aromatic heterocycles. The summed E-state index contributed by atoms with van der Waals surface area (Å²) in [4.78, 5) is 2.73. The van der Waals surface area contributed by atoms with Crippen molar-refractivity contribution in [1.29, 1.82) is 0 Å². The smallest absolute Gasteiger partial charge is 0.0252 e.